The first-order chi connectivity index (χ1) is 15.4. The molecule has 0 spiro atoms. The molecule has 0 atom stereocenters. The van der Waals surface area contributed by atoms with Crippen LogP contribution < -0.4 is 0 Å². The number of piperazine rings is 1. The topological polar surface area (TPSA) is 53.7 Å². The number of benzene rings is 1. The van der Waals surface area contributed by atoms with Crippen LogP contribution in [0.3, 0.4) is 0 Å². The third-order valence-corrected chi connectivity index (χ3v) is 6.70. The number of hydrogen-bond donors (Lipinski definition) is 0. The molecule has 168 valence electrons. The Kier molecular flexibility index (Phi) is 5.77. The number of carbonyl (C=O) groups excluding carboxylic acids is 1. The number of fused-ring (bicyclic) bond motifs is 1. The molecule has 0 radical (unpaired) electrons. The molecular weight excluding hydrogens is 459 g/mol. The number of rotatable bonds is 5. The van der Waals surface area contributed by atoms with E-state index < -0.39 is 6.43 Å². The van der Waals surface area contributed by atoms with Gasteiger partial charge in [0.2, 0.25) is 0 Å². The summed E-state index contributed by atoms with van der Waals surface area (Å²) in [5.74, 6) is -0.0342. The highest BCUT2D eigenvalue weighted by Crippen LogP contribution is 2.40. The second-order valence-corrected chi connectivity index (χ2v) is 9.11. The molecule has 2 aromatic heterocycles. The fourth-order valence-corrected chi connectivity index (χ4v) is 4.35. The monoisotopic (exact) mass is 479 g/mol. The lowest BCUT2D eigenvalue weighted by Crippen LogP contribution is -2.48. The molecule has 1 amide bonds. The smallest absolute Gasteiger partial charge is 0.280 e. The Morgan fingerprint density at radius 2 is 1.81 bits per heavy atom. The van der Waals surface area contributed by atoms with Crippen LogP contribution in [0.1, 0.15) is 52.6 Å². The zero-order chi connectivity index (χ0) is 22.4. The predicted molar refractivity (Wildman–Crippen MR) is 118 cm³/mol. The van der Waals surface area contributed by atoms with Gasteiger partial charge in [-0.1, -0.05) is 29.3 Å². The van der Waals surface area contributed by atoms with Crippen molar-refractivity contribution in [3.8, 4) is 0 Å². The molecule has 6 nitrogen and oxygen atoms in total. The summed E-state index contributed by atoms with van der Waals surface area (Å²) in [6.45, 7) is 3.13. The van der Waals surface area contributed by atoms with Crippen LogP contribution in [0.25, 0.3) is 5.65 Å². The van der Waals surface area contributed by atoms with E-state index in [-0.39, 0.29) is 23.2 Å². The molecule has 5 rings (SSSR count). The summed E-state index contributed by atoms with van der Waals surface area (Å²) in [5.41, 5.74) is 1.93. The number of halogens is 4. The van der Waals surface area contributed by atoms with E-state index >= 15 is 0 Å². The van der Waals surface area contributed by atoms with Gasteiger partial charge in [-0.05, 0) is 36.6 Å². The highest BCUT2D eigenvalue weighted by Gasteiger charge is 2.29. The highest BCUT2D eigenvalue weighted by atomic mass is 35.5. The van der Waals surface area contributed by atoms with Gasteiger partial charge in [-0.15, -0.1) is 0 Å². The van der Waals surface area contributed by atoms with Crippen molar-refractivity contribution >= 4 is 34.8 Å². The molecule has 3 heterocycles. The number of hydrogen-bond acceptors (Lipinski definition) is 4. The molecule has 1 saturated carbocycles. The third-order valence-electron chi connectivity index (χ3n) is 5.96. The molecule has 1 aliphatic heterocycles. The van der Waals surface area contributed by atoms with E-state index in [1.807, 2.05) is 12.1 Å². The molecule has 1 aromatic carbocycles. The van der Waals surface area contributed by atoms with Crippen LogP contribution in [0.5, 0.6) is 0 Å². The standard InChI is InChI=1S/C22H21Cl2F2N5O/c23-15-4-1-13(9-16(15)24)12-29-5-7-30(8-6-29)22(32)18-11-20-27-17(14-2-3-14)10-19(21(25)26)31(20)28-18/h1,4,9-11,14,21H,2-3,5-8,12H2. The zero-order valence-electron chi connectivity index (χ0n) is 17.1. The first-order valence-electron chi connectivity index (χ1n) is 10.5. The molecular formula is C22H21Cl2F2N5O. The van der Waals surface area contributed by atoms with E-state index in [1.54, 1.807) is 11.0 Å². The summed E-state index contributed by atoms with van der Waals surface area (Å²) in [7, 11) is 0. The van der Waals surface area contributed by atoms with Crippen LogP contribution in [0, 0.1) is 0 Å². The van der Waals surface area contributed by atoms with Gasteiger partial charge in [-0.2, -0.15) is 5.10 Å². The van der Waals surface area contributed by atoms with Crippen LogP contribution in [0.2, 0.25) is 10.0 Å². The van der Waals surface area contributed by atoms with Crippen LogP contribution in [-0.4, -0.2) is 56.5 Å². The second-order valence-electron chi connectivity index (χ2n) is 8.30. The Morgan fingerprint density at radius 1 is 1.06 bits per heavy atom. The van der Waals surface area contributed by atoms with E-state index in [1.165, 1.54) is 12.1 Å². The number of nitrogens with zero attached hydrogens (tertiary/aromatic N) is 5. The van der Waals surface area contributed by atoms with Gasteiger partial charge in [0.15, 0.2) is 11.3 Å². The minimum Gasteiger partial charge on any atom is -0.335 e. The van der Waals surface area contributed by atoms with Crippen molar-refractivity contribution in [2.75, 3.05) is 26.2 Å². The third kappa shape index (κ3) is 4.31. The van der Waals surface area contributed by atoms with Crippen molar-refractivity contribution in [1.82, 2.24) is 24.4 Å². The lowest BCUT2D eigenvalue weighted by molar-refractivity contribution is 0.0622. The normalized spacial score (nSPS) is 17.5. The van der Waals surface area contributed by atoms with E-state index in [9.17, 15) is 13.6 Å². The van der Waals surface area contributed by atoms with Crippen LogP contribution in [-0.2, 0) is 6.54 Å². The fourth-order valence-electron chi connectivity index (χ4n) is 4.03. The molecule has 0 unspecified atom stereocenters. The minimum atomic E-state index is -2.69. The molecule has 10 heteroatoms. The highest BCUT2D eigenvalue weighted by molar-refractivity contribution is 6.42. The molecule has 3 aromatic rings. The van der Waals surface area contributed by atoms with Gasteiger partial charge in [0.25, 0.3) is 12.3 Å². The molecule has 1 aliphatic carbocycles. The van der Waals surface area contributed by atoms with Crippen LogP contribution in [0.15, 0.2) is 30.3 Å². The van der Waals surface area contributed by atoms with Gasteiger partial charge in [0, 0.05) is 50.4 Å². The van der Waals surface area contributed by atoms with E-state index in [2.05, 4.69) is 15.0 Å². The zero-order valence-corrected chi connectivity index (χ0v) is 18.7. The second kappa shape index (κ2) is 8.57. The number of aromatic nitrogens is 3. The average Bonchev–Trinajstić information content (AvgIpc) is 3.54. The van der Waals surface area contributed by atoms with Crippen molar-refractivity contribution in [3.05, 3.63) is 63.0 Å². The fraction of sp³-hybridized carbons (Fsp3) is 0.409. The van der Waals surface area contributed by atoms with Crippen molar-refractivity contribution in [1.29, 1.82) is 0 Å². The Hall–Kier alpha value is -2.29. The molecule has 0 bridgehead atoms. The van der Waals surface area contributed by atoms with Gasteiger partial charge in [0.1, 0.15) is 5.69 Å². The molecule has 32 heavy (non-hydrogen) atoms. The lowest BCUT2D eigenvalue weighted by Gasteiger charge is -2.34. The largest absolute Gasteiger partial charge is 0.335 e. The molecule has 1 saturated heterocycles. The van der Waals surface area contributed by atoms with Crippen molar-refractivity contribution in [2.45, 2.75) is 31.7 Å². The van der Waals surface area contributed by atoms with E-state index in [0.717, 1.165) is 22.9 Å². The quantitative estimate of drug-likeness (QED) is 0.526. The molecule has 0 N–H and O–H groups in total. The summed E-state index contributed by atoms with van der Waals surface area (Å²) in [6.07, 6.45) is -0.776. The lowest BCUT2D eigenvalue weighted by atomic mass is 10.2. The SMILES string of the molecule is O=C(c1cc2nc(C3CC3)cc(C(F)F)n2n1)N1CCN(Cc2ccc(Cl)c(Cl)c2)CC1. The van der Waals surface area contributed by atoms with Gasteiger partial charge in [-0.25, -0.2) is 18.3 Å². The van der Waals surface area contributed by atoms with E-state index in [4.69, 9.17) is 23.2 Å². The summed E-state index contributed by atoms with van der Waals surface area (Å²) in [4.78, 5) is 21.4. The Balaban J connectivity index is 1.28. The van der Waals surface area contributed by atoms with Crippen LogP contribution in [0.4, 0.5) is 8.78 Å². The average molecular weight is 480 g/mol. The summed E-state index contributed by atoms with van der Waals surface area (Å²) in [5, 5.41) is 5.22. The number of alkyl halides is 2. The Labute approximate surface area is 193 Å². The van der Waals surface area contributed by atoms with E-state index in [0.29, 0.717) is 54.1 Å². The van der Waals surface area contributed by atoms with Gasteiger partial charge >= 0.3 is 0 Å². The molecule has 2 fully saturated rings. The van der Waals surface area contributed by atoms with Gasteiger partial charge < -0.3 is 4.90 Å². The predicted octanol–water partition coefficient (Wildman–Crippen LogP) is 4.81. The van der Waals surface area contributed by atoms with Crippen molar-refractivity contribution < 1.29 is 13.6 Å². The number of amides is 1. The maximum absolute atomic E-state index is 13.6. The molecule has 2 aliphatic rings. The maximum Gasteiger partial charge on any atom is 0.280 e. The summed E-state index contributed by atoms with van der Waals surface area (Å²) >= 11 is 12.1. The number of carbonyl (C=O) groups is 1. The Bertz CT molecular complexity index is 1170. The minimum absolute atomic E-state index is 0.144. The Morgan fingerprint density at radius 3 is 2.47 bits per heavy atom. The van der Waals surface area contributed by atoms with Gasteiger partial charge in [-0.3, -0.25) is 9.69 Å². The first kappa shape index (κ1) is 21.6. The van der Waals surface area contributed by atoms with Crippen molar-refractivity contribution in [2.24, 2.45) is 0 Å². The first-order valence-corrected chi connectivity index (χ1v) is 11.3. The maximum atomic E-state index is 13.6. The van der Waals surface area contributed by atoms with Crippen molar-refractivity contribution in [3.63, 3.8) is 0 Å². The van der Waals surface area contributed by atoms with Gasteiger partial charge in [0.05, 0.1) is 10.0 Å². The van der Waals surface area contributed by atoms with Crippen LogP contribution >= 0.6 is 23.2 Å². The summed E-state index contributed by atoms with van der Waals surface area (Å²) < 4.78 is 28.3. The summed E-state index contributed by atoms with van der Waals surface area (Å²) in [6, 6.07) is 8.49.